The molecule has 1 saturated heterocycles. The second-order valence-electron chi connectivity index (χ2n) is 6.51. The molecule has 3 rings (SSSR count). The molecule has 1 fully saturated rings. The average Bonchev–Trinajstić information content (AvgIpc) is 2.67. The van der Waals surface area contributed by atoms with Crippen molar-refractivity contribution in [2.45, 2.75) is 13.8 Å². The van der Waals surface area contributed by atoms with Gasteiger partial charge in [-0.2, -0.15) is 0 Å². The summed E-state index contributed by atoms with van der Waals surface area (Å²) in [6.07, 6.45) is 0. The van der Waals surface area contributed by atoms with Crippen LogP contribution in [0.3, 0.4) is 0 Å². The van der Waals surface area contributed by atoms with Gasteiger partial charge in [-0.15, -0.1) is 0 Å². The minimum Gasteiger partial charge on any atom is -0.461 e. The van der Waals surface area contributed by atoms with E-state index >= 15 is 0 Å². The SMILES string of the molecule is Cc1cccc(Nc2ccccc2C(=O)OCCN2CCOCC2)c1C. The second-order valence-corrected chi connectivity index (χ2v) is 6.51. The van der Waals surface area contributed by atoms with Crippen LogP contribution in [0, 0.1) is 13.8 Å². The highest BCUT2D eigenvalue weighted by molar-refractivity contribution is 5.96. The minimum atomic E-state index is -0.299. The number of carbonyl (C=O) groups is 1. The topological polar surface area (TPSA) is 50.8 Å². The zero-order chi connectivity index (χ0) is 18.4. The van der Waals surface area contributed by atoms with Crippen LogP contribution in [0.2, 0.25) is 0 Å². The fraction of sp³-hybridized carbons (Fsp3) is 0.381. The number of nitrogens with one attached hydrogen (secondary N) is 1. The van der Waals surface area contributed by atoms with E-state index in [0.717, 1.165) is 44.2 Å². The maximum absolute atomic E-state index is 12.5. The summed E-state index contributed by atoms with van der Waals surface area (Å²) in [6.45, 7) is 8.54. The number of para-hydroxylation sites is 1. The Bertz CT molecular complexity index is 755. The minimum absolute atomic E-state index is 0.299. The molecule has 0 spiro atoms. The molecular formula is C21H26N2O3. The maximum atomic E-state index is 12.5. The molecule has 0 aromatic heterocycles. The van der Waals surface area contributed by atoms with Gasteiger partial charge in [-0.25, -0.2) is 4.79 Å². The van der Waals surface area contributed by atoms with Crippen molar-refractivity contribution in [2.75, 3.05) is 44.8 Å². The lowest BCUT2D eigenvalue weighted by molar-refractivity contribution is 0.0196. The number of aryl methyl sites for hydroxylation is 1. The van der Waals surface area contributed by atoms with E-state index in [1.807, 2.05) is 30.3 Å². The van der Waals surface area contributed by atoms with E-state index in [9.17, 15) is 4.79 Å². The second kappa shape index (κ2) is 8.83. The van der Waals surface area contributed by atoms with Gasteiger partial charge in [-0.05, 0) is 43.2 Å². The summed E-state index contributed by atoms with van der Waals surface area (Å²) < 4.78 is 10.8. The molecule has 5 heteroatoms. The van der Waals surface area contributed by atoms with E-state index in [4.69, 9.17) is 9.47 Å². The van der Waals surface area contributed by atoms with Crippen LogP contribution < -0.4 is 5.32 Å². The first-order chi connectivity index (χ1) is 12.6. The van der Waals surface area contributed by atoms with Gasteiger partial charge in [0.15, 0.2) is 0 Å². The number of hydrogen-bond acceptors (Lipinski definition) is 5. The monoisotopic (exact) mass is 354 g/mol. The van der Waals surface area contributed by atoms with Crippen molar-refractivity contribution in [2.24, 2.45) is 0 Å². The Kier molecular flexibility index (Phi) is 6.26. The standard InChI is InChI=1S/C21H26N2O3/c1-16-6-5-9-19(17(16)2)22-20-8-4-3-7-18(20)21(24)26-15-12-23-10-13-25-14-11-23/h3-9,22H,10-15H2,1-2H3. The van der Waals surface area contributed by atoms with Gasteiger partial charge in [-0.1, -0.05) is 24.3 Å². The van der Waals surface area contributed by atoms with Gasteiger partial charge in [0.05, 0.1) is 24.5 Å². The van der Waals surface area contributed by atoms with Crippen molar-refractivity contribution >= 4 is 17.3 Å². The first kappa shape index (κ1) is 18.4. The molecule has 1 aliphatic heterocycles. The van der Waals surface area contributed by atoms with Crippen molar-refractivity contribution in [3.63, 3.8) is 0 Å². The smallest absolute Gasteiger partial charge is 0.340 e. The van der Waals surface area contributed by atoms with Gasteiger partial charge >= 0.3 is 5.97 Å². The van der Waals surface area contributed by atoms with Crippen molar-refractivity contribution in [3.8, 4) is 0 Å². The van der Waals surface area contributed by atoms with Gasteiger partial charge < -0.3 is 14.8 Å². The van der Waals surface area contributed by atoms with Gasteiger partial charge in [0.1, 0.15) is 6.61 Å². The Labute approximate surface area is 154 Å². The summed E-state index contributed by atoms with van der Waals surface area (Å²) >= 11 is 0. The molecule has 0 unspecified atom stereocenters. The Morgan fingerprint density at radius 3 is 2.62 bits per heavy atom. The summed E-state index contributed by atoms with van der Waals surface area (Å²) in [5.41, 5.74) is 4.69. The van der Waals surface area contributed by atoms with Gasteiger partial charge in [-0.3, -0.25) is 4.90 Å². The van der Waals surface area contributed by atoms with Crippen LogP contribution in [0.15, 0.2) is 42.5 Å². The van der Waals surface area contributed by atoms with Crippen molar-refractivity contribution < 1.29 is 14.3 Å². The Morgan fingerprint density at radius 2 is 1.81 bits per heavy atom. The van der Waals surface area contributed by atoms with E-state index < -0.39 is 0 Å². The molecule has 26 heavy (non-hydrogen) atoms. The summed E-state index contributed by atoms with van der Waals surface area (Å²) in [6, 6.07) is 13.6. The van der Waals surface area contributed by atoms with E-state index in [1.54, 1.807) is 6.07 Å². The lowest BCUT2D eigenvalue weighted by Gasteiger charge is -2.26. The molecule has 0 saturated carbocycles. The van der Waals surface area contributed by atoms with Gasteiger partial charge in [0.25, 0.3) is 0 Å². The predicted octanol–water partition coefficient (Wildman–Crippen LogP) is 3.54. The molecule has 1 heterocycles. The predicted molar refractivity (Wildman–Crippen MR) is 103 cm³/mol. The number of ether oxygens (including phenoxy) is 2. The summed E-state index contributed by atoms with van der Waals surface area (Å²) in [7, 11) is 0. The van der Waals surface area contributed by atoms with Crippen LogP contribution in [0.25, 0.3) is 0 Å². The molecule has 0 aliphatic carbocycles. The Morgan fingerprint density at radius 1 is 1.08 bits per heavy atom. The number of benzene rings is 2. The lowest BCUT2D eigenvalue weighted by Crippen LogP contribution is -2.38. The van der Waals surface area contributed by atoms with Crippen molar-refractivity contribution in [3.05, 3.63) is 59.2 Å². The number of hydrogen-bond donors (Lipinski definition) is 1. The highest BCUT2D eigenvalue weighted by atomic mass is 16.5. The molecule has 5 nitrogen and oxygen atoms in total. The maximum Gasteiger partial charge on any atom is 0.340 e. The van der Waals surface area contributed by atoms with E-state index in [0.29, 0.717) is 12.2 Å². The van der Waals surface area contributed by atoms with Crippen LogP contribution in [0.1, 0.15) is 21.5 Å². The average molecular weight is 354 g/mol. The molecule has 0 amide bonds. The third-order valence-electron chi connectivity index (χ3n) is 4.77. The van der Waals surface area contributed by atoms with Crippen LogP contribution in [0.5, 0.6) is 0 Å². The van der Waals surface area contributed by atoms with Crippen LogP contribution in [-0.2, 0) is 9.47 Å². The molecule has 2 aromatic rings. The molecule has 1 N–H and O–H groups in total. The van der Waals surface area contributed by atoms with Crippen molar-refractivity contribution in [1.82, 2.24) is 4.90 Å². The first-order valence-electron chi connectivity index (χ1n) is 9.04. The molecule has 0 radical (unpaired) electrons. The third-order valence-corrected chi connectivity index (χ3v) is 4.77. The lowest BCUT2D eigenvalue weighted by atomic mass is 10.1. The quantitative estimate of drug-likeness (QED) is 0.804. The fourth-order valence-electron chi connectivity index (χ4n) is 2.97. The van der Waals surface area contributed by atoms with Crippen molar-refractivity contribution in [1.29, 1.82) is 0 Å². The third kappa shape index (κ3) is 4.62. The molecule has 2 aromatic carbocycles. The molecular weight excluding hydrogens is 328 g/mol. The number of rotatable bonds is 6. The number of nitrogens with zero attached hydrogens (tertiary/aromatic N) is 1. The molecule has 0 atom stereocenters. The fourth-order valence-corrected chi connectivity index (χ4v) is 2.97. The normalized spacial score (nSPS) is 14.8. The number of carbonyl (C=O) groups excluding carboxylic acids is 1. The summed E-state index contributed by atoms with van der Waals surface area (Å²) in [5.74, 6) is -0.299. The first-order valence-corrected chi connectivity index (χ1v) is 9.04. The zero-order valence-electron chi connectivity index (χ0n) is 15.5. The Hall–Kier alpha value is -2.37. The molecule has 1 aliphatic rings. The summed E-state index contributed by atoms with van der Waals surface area (Å²) in [4.78, 5) is 14.8. The number of morpholine rings is 1. The highest BCUT2D eigenvalue weighted by Crippen LogP contribution is 2.25. The largest absolute Gasteiger partial charge is 0.461 e. The van der Waals surface area contributed by atoms with Crippen LogP contribution in [-0.4, -0.2) is 50.3 Å². The number of anilines is 2. The summed E-state index contributed by atoms with van der Waals surface area (Å²) in [5, 5.41) is 3.37. The molecule has 138 valence electrons. The van der Waals surface area contributed by atoms with E-state index in [1.165, 1.54) is 11.1 Å². The van der Waals surface area contributed by atoms with Gasteiger partial charge in [0, 0.05) is 25.3 Å². The van der Waals surface area contributed by atoms with Crippen LogP contribution in [0.4, 0.5) is 11.4 Å². The highest BCUT2D eigenvalue weighted by Gasteiger charge is 2.15. The molecule has 0 bridgehead atoms. The van der Waals surface area contributed by atoms with Crippen LogP contribution >= 0.6 is 0 Å². The number of esters is 1. The zero-order valence-corrected chi connectivity index (χ0v) is 15.5. The van der Waals surface area contributed by atoms with Gasteiger partial charge in [0.2, 0.25) is 0 Å². The van der Waals surface area contributed by atoms with E-state index in [2.05, 4.69) is 30.1 Å². The Balaban J connectivity index is 1.64. The van der Waals surface area contributed by atoms with E-state index in [-0.39, 0.29) is 5.97 Å².